The molecule has 20 heavy (non-hydrogen) atoms. The Hall–Kier alpha value is -0.210. The Balaban J connectivity index is 1.97. The van der Waals surface area contributed by atoms with Crippen LogP contribution in [0.1, 0.15) is 26.7 Å². The Morgan fingerprint density at radius 1 is 1.20 bits per heavy atom. The summed E-state index contributed by atoms with van der Waals surface area (Å²) in [5, 5.41) is 3.17. The molecule has 2 saturated heterocycles. The van der Waals surface area contributed by atoms with Crippen molar-refractivity contribution in [1.82, 2.24) is 13.9 Å². The first-order valence-electron chi connectivity index (χ1n) is 7.39. The van der Waals surface area contributed by atoms with Crippen LogP contribution in [0, 0.1) is 5.92 Å². The normalized spacial score (nSPS) is 26.8. The fourth-order valence-corrected chi connectivity index (χ4v) is 4.74. The van der Waals surface area contributed by atoms with Gasteiger partial charge in [-0.05, 0) is 46.2 Å². The molecule has 0 atom stereocenters. The van der Waals surface area contributed by atoms with Gasteiger partial charge in [-0.25, -0.2) is 0 Å². The van der Waals surface area contributed by atoms with Gasteiger partial charge in [-0.3, -0.25) is 0 Å². The van der Waals surface area contributed by atoms with Crippen LogP contribution in [0.15, 0.2) is 0 Å². The summed E-state index contributed by atoms with van der Waals surface area (Å²) >= 11 is 0. The van der Waals surface area contributed by atoms with E-state index in [0.29, 0.717) is 38.7 Å². The van der Waals surface area contributed by atoms with Crippen LogP contribution in [0.25, 0.3) is 0 Å². The van der Waals surface area contributed by atoms with Crippen LogP contribution in [0.3, 0.4) is 0 Å². The number of nitrogens with one attached hydrogen (secondary N) is 1. The highest BCUT2D eigenvalue weighted by Crippen LogP contribution is 2.24. The largest absolute Gasteiger partial charge is 0.373 e. The zero-order valence-corrected chi connectivity index (χ0v) is 13.6. The predicted octanol–water partition coefficient (Wildman–Crippen LogP) is 0.273. The predicted molar refractivity (Wildman–Crippen MR) is 78.7 cm³/mol. The minimum atomic E-state index is -3.33. The first kappa shape index (κ1) is 16.2. The van der Waals surface area contributed by atoms with Gasteiger partial charge in [0.15, 0.2) is 0 Å². The molecule has 2 aliphatic heterocycles. The van der Waals surface area contributed by atoms with Gasteiger partial charge in [0.1, 0.15) is 0 Å². The molecule has 2 aliphatic rings. The average molecular weight is 305 g/mol. The summed E-state index contributed by atoms with van der Waals surface area (Å²) in [6.45, 7) is 7.48. The summed E-state index contributed by atoms with van der Waals surface area (Å²) < 4.78 is 34.2. The van der Waals surface area contributed by atoms with Gasteiger partial charge in [-0.2, -0.15) is 17.0 Å². The molecule has 0 aromatic rings. The molecule has 0 bridgehead atoms. The van der Waals surface area contributed by atoms with Gasteiger partial charge in [0.25, 0.3) is 10.2 Å². The molecule has 0 aromatic heterocycles. The number of nitrogens with zero attached hydrogens (tertiary/aromatic N) is 2. The third-order valence-electron chi connectivity index (χ3n) is 4.11. The summed E-state index contributed by atoms with van der Waals surface area (Å²) in [4.78, 5) is 0. The summed E-state index contributed by atoms with van der Waals surface area (Å²) in [6, 6.07) is 0. The highest BCUT2D eigenvalue weighted by molar-refractivity contribution is 7.86. The van der Waals surface area contributed by atoms with Crippen molar-refractivity contribution < 1.29 is 13.2 Å². The molecule has 6 nitrogen and oxygen atoms in total. The lowest BCUT2D eigenvalue weighted by molar-refractivity contribution is -0.0654. The van der Waals surface area contributed by atoms with E-state index in [-0.39, 0.29) is 0 Å². The van der Waals surface area contributed by atoms with Crippen molar-refractivity contribution in [3.8, 4) is 0 Å². The molecule has 0 unspecified atom stereocenters. The van der Waals surface area contributed by atoms with Gasteiger partial charge in [0.05, 0.1) is 12.2 Å². The van der Waals surface area contributed by atoms with E-state index in [9.17, 15) is 8.42 Å². The second kappa shape index (κ2) is 6.27. The standard InChI is InChI=1S/C13H27N3O3S/c1-13(2)11-16(8-9-19-13)20(17,18)15-6-4-12(5-7-15)10-14-3/h12,14H,4-11H2,1-3H3. The molecule has 2 heterocycles. The molecule has 118 valence electrons. The molecule has 0 radical (unpaired) electrons. The fourth-order valence-electron chi connectivity index (χ4n) is 2.97. The number of hydrogen-bond acceptors (Lipinski definition) is 4. The maximum absolute atomic E-state index is 12.7. The zero-order valence-electron chi connectivity index (χ0n) is 12.8. The summed E-state index contributed by atoms with van der Waals surface area (Å²) in [5.41, 5.74) is -0.393. The van der Waals surface area contributed by atoms with Crippen molar-refractivity contribution in [2.45, 2.75) is 32.3 Å². The molecule has 1 N–H and O–H groups in total. The Kier molecular flexibility index (Phi) is 5.07. The van der Waals surface area contributed by atoms with Crippen molar-refractivity contribution in [3.05, 3.63) is 0 Å². The van der Waals surface area contributed by atoms with Crippen molar-refractivity contribution in [1.29, 1.82) is 0 Å². The zero-order chi connectivity index (χ0) is 14.8. The minimum absolute atomic E-state index is 0.393. The molecule has 0 saturated carbocycles. The number of rotatable bonds is 4. The third-order valence-corrected chi connectivity index (χ3v) is 6.09. The van der Waals surface area contributed by atoms with Crippen LogP contribution in [0.4, 0.5) is 0 Å². The van der Waals surface area contributed by atoms with Crippen molar-refractivity contribution >= 4 is 10.2 Å². The lowest BCUT2D eigenvalue weighted by Gasteiger charge is -2.41. The van der Waals surface area contributed by atoms with E-state index in [1.807, 2.05) is 20.9 Å². The summed E-state index contributed by atoms with van der Waals surface area (Å²) in [5.74, 6) is 0.590. The molecular weight excluding hydrogens is 278 g/mol. The van der Waals surface area contributed by atoms with Gasteiger partial charge in [-0.15, -0.1) is 0 Å². The van der Waals surface area contributed by atoms with Crippen molar-refractivity contribution in [2.75, 3.05) is 46.4 Å². The van der Waals surface area contributed by atoms with E-state index < -0.39 is 15.8 Å². The van der Waals surface area contributed by atoms with Crippen LogP contribution >= 0.6 is 0 Å². The van der Waals surface area contributed by atoms with E-state index in [4.69, 9.17) is 4.74 Å². The van der Waals surface area contributed by atoms with Crippen LogP contribution in [0.2, 0.25) is 0 Å². The molecule has 0 amide bonds. The molecule has 2 rings (SSSR count). The smallest absolute Gasteiger partial charge is 0.282 e. The monoisotopic (exact) mass is 305 g/mol. The van der Waals surface area contributed by atoms with Gasteiger partial charge in [-0.1, -0.05) is 0 Å². The SMILES string of the molecule is CNCC1CCN(S(=O)(=O)N2CCOC(C)(C)C2)CC1. The van der Waals surface area contributed by atoms with E-state index >= 15 is 0 Å². The molecular formula is C13H27N3O3S. The maximum atomic E-state index is 12.7. The van der Waals surface area contributed by atoms with E-state index in [2.05, 4.69) is 5.32 Å². The van der Waals surface area contributed by atoms with Crippen LogP contribution in [-0.2, 0) is 14.9 Å². The second-order valence-electron chi connectivity index (χ2n) is 6.35. The number of morpholine rings is 1. The quantitative estimate of drug-likeness (QED) is 0.810. The average Bonchev–Trinajstić information content (AvgIpc) is 2.38. The van der Waals surface area contributed by atoms with Gasteiger partial charge in [0.2, 0.25) is 0 Å². The fraction of sp³-hybridized carbons (Fsp3) is 1.00. The van der Waals surface area contributed by atoms with Gasteiger partial charge in [0, 0.05) is 26.2 Å². The van der Waals surface area contributed by atoms with Gasteiger partial charge >= 0.3 is 0 Å². The van der Waals surface area contributed by atoms with E-state index in [0.717, 1.165) is 19.4 Å². The van der Waals surface area contributed by atoms with Gasteiger partial charge < -0.3 is 10.1 Å². The van der Waals surface area contributed by atoms with Crippen molar-refractivity contribution in [3.63, 3.8) is 0 Å². The maximum Gasteiger partial charge on any atom is 0.282 e. The molecule has 7 heteroatoms. The molecule has 0 aromatic carbocycles. The Labute approximate surface area is 122 Å². The molecule has 0 aliphatic carbocycles. The highest BCUT2D eigenvalue weighted by atomic mass is 32.2. The van der Waals surface area contributed by atoms with E-state index in [1.54, 1.807) is 8.61 Å². The third kappa shape index (κ3) is 3.71. The first-order chi connectivity index (χ1) is 9.35. The van der Waals surface area contributed by atoms with Crippen molar-refractivity contribution in [2.24, 2.45) is 5.92 Å². The van der Waals surface area contributed by atoms with Crippen LogP contribution in [0.5, 0.6) is 0 Å². The second-order valence-corrected chi connectivity index (χ2v) is 8.28. The van der Waals surface area contributed by atoms with Crippen LogP contribution in [-0.4, -0.2) is 69.0 Å². The summed E-state index contributed by atoms with van der Waals surface area (Å²) in [7, 11) is -1.38. The Morgan fingerprint density at radius 3 is 2.40 bits per heavy atom. The lowest BCUT2D eigenvalue weighted by atomic mass is 9.98. The minimum Gasteiger partial charge on any atom is -0.373 e. The summed E-state index contributed by atoms with van der Waals surface area (Å²) in [6.07, 6.45) is 1.88. The lowest BCUT2D eigenvalue weighted by Crippen LogP contribution is -2.55. The molecule has 0 spiro atoms. The first-order valence-corrected chi connectivity index (χ1v) is 8.79. The number of ether oxygens (including phenoxy) is 1. The Bertz CT molecular complexity index is 417. The topological polar surface area (TPSA) is 61.9 Å². The molecule has 2 fully saturated rings. The number of piperidine rings is 1. The van der Waals surface area contributed by atoms with E-state index in [1.165, 1.54) is 0 Å². The number of hydrogen-bond donors (Lipinski definition) is 1. The Morgan fingerprint density at radius 2 is 1.85 bits per heavy atom. The highest BCUT2D eigenvalue weighted by Gasteiger charge is 2.38. The van der Waals surface area contributed by atoms with Crippen LogP contribution < -0.4 is 5.32 Å².